The van der Waals surface area contributed by atoms with E-state index in [9.17, 15) is 4.79 Å². The summed E-state index contributed by atoms with van der Waals surface area (Å²) in [5.74, 6) is 1.51. The van der Waals surface area contributed by atoms with E-state index in [0.29, 0.717) is 5.91 Å². The number of rotatable bonds is 2. The summed E-state index contributed by atoms with van der Waals surface area (Å²) in [6.45, 7) is 5.71. The highest BCUT2D eigenvalue weighted by molar-refractivity contribution is 5.85. The van der Waals surface area contributed by atoms with Gasteiger partial charge < -0.3 is 9.47 Å². The Hall–Kier alpha value is -2.21. The molecule has 0 bridgehead atoms. The van der Waals surface area contributed by atoms with Crippen LogP contribution in [0.2, 0.25) is 0 Å². The molecule has 0 radical (unpaired) electrons. The van der Waals surface area contributed by atoms with Crippen LogP contribution in [0.4, 0.5) is 0 Å². The summed E-state index contributed by atoms with van der Waals surface area (Å²) in [4.78, 5) is 26.5. The fraction of sp³-hybridized carbons (Fsp3) is 0.571. The molecule has 2 aliphatic heterocycles. The van der Waals surface area contributed by atoms with Crippen LogP contribution in [-0.4, -0.2) is 56.9 Å². The van der Waals surface area contributed by atoms with Crippen LogP contribution in [0, 0.1) is 5.41 Å². The Balaban J connectivity index is 1.45. The number of piperidine rings is 1. The van der Waals surface area contributed by atoms with Crippen LogP contribution >= 0.6 is 0 Å². The van der Waals surface area contributed by atoms with Crippen molar-refractivity contribution in [2.75, 3.05) is 26.7 Å². The van der Waals surface area contributed by atoms with E-state index < -0.39 is 0 Å². The van der Waals surface area contributed by atoms with Crippen molar-refractivity contribution < 1.29 is 4.79 Å². The molecule has 0 aromatic carbocycles. The molecule has 1 aliphatic carbocycles. The molecule has 1 saturated carbocycles. The zero-order valence-corrected chi connectivity index (χ0v) is 16.2. The van der Waals surface area contributed by atoms with Crippen molar-refractivity contribution in [1.82, 2.24) is 24.3 Å². The lowest BCUT2D eigenvalue weighted by atomic mass is 9.83. The molecule has 0 unspecified atom stereocenters. The molecule has 2 aromatic heterocycles. The van der Waals surface area contributed by atoms with Crippen LogP contribution in [0.25, 0.3) is 11.3 Å². The zero-order valence-electron chi connectivity index (χ0n) is 16.2. The molecule has 142 valence electrons. The largest absolute Gasteiger partial charge is 0.342 e. The van der Waals surface area contributed by atoms with E-state index in [-0.39, 0.29) is 11.0 Å². The second-order valence-electron chi connectivity index (χ2n) is 8.67. The van der Waals surface area contributed by atoms with Gasteiger partial charge in [-0.15, -0.1) is 0 Å². The lowest BCUT2D eigenvalue weighted by Crippen LogP contribution is -2.57. The number of carbonyl (C=O) groups is 1. The topological polar surface area (TPSA) is 54.3 Å². The number of fused-ring (bicyclic) bond motifs is 2. The molecule has 6 heteroatoms. The highest BCUT2D eigenvalue weighted by Crippen LogP contribution is 2.48. The normalized spacial score (nSPS) is 23.3. The van der Waals surface area contributed by atoms with Crippen molar-refractivity contribution in [2.24, 2.45) is 5.41 Å². The van der Waals surface area contributed by atoms with Crippen LogP contribution in [-0.2, 0) is 16.9 Å². The number of imidazole rings is 1. The van der Waals surface area contributed by atoms with Crippen LogP contribution in [0.15, 0.2) is 30.7 Å². The Morgan fingerprint density at radius 2 is 1.85 bits per heavy atom. The van der Waals surface area contributed by atoms with E-state index in [1.807, 2.05) is 18.5 Å². The molecule has 27 heavy (non-hydrogen) atoms. The second-order valence-corrected chi connectivity index (χ2v) is 8.67. The lowest BCUT2D eigenvalue weighted by Gasteiger charge is -2.50. The SMILES string of the molecule is CN1CCn2c(-c3cccnc3)cnc2C12CCN(C(=O)C1(C)CC1)CC2. The monoisotopic (exact) mass is 365 g/mol. The van der Waals surface area contributed by atoms with Crippen LogP contribution in [0.5, 0.6) is 0 Å². The van der Waals surface area contributed by atoms with Gasteiger partial charge in [0, 0.05) is 49.6 Å². The van der Waals surface area contributed by atoms with Crippen LogP contribution < -0.4 is 0 Å². The molecule has 1 saturated heterocycles. The average molecular weight is 365 g/mol. The van der Waals surface area contributed by atoms with Crippen molar-refractivity contribution in [2.45, 2.75) is 44.7 Å². The van der Waals surface area contributed by atoms with E-state index in [1.165, 1.54) is 0 Å². The third-order valence-corrected chi connectivity index (χ3v) is 7.01. The summed E-state index contributed by atoms with van der Waals surface area (Å²) in [6, 6.07) is 4.07. The maximum absolute atomic E-state index is 12.8. The van der Waals surface area contributed by atoms with Crippen molar-refractivity contribution >= 4 is 5.91 Å². The van der Waals surface area contributed by atoms with Gasteiger partial charge in [0.1, 0.15) is 5.82 Å². The maximum atomic E-state index is 12.8. The number of hydrogen-bond acceptors (Lipinski definition) is 4. The summed E-state index contributed by atoms with van der Waals surface area (Å²) in [5, 5.41) is 0. The van der Waals surface area contributed by atoms with Gasteiger partial charge in [-0.05, 0) is 44.9 Å². The van der Waals surface area contributed by atoms with E-state index >= 15 is 0 Å². The standard InChI is InChI=1S/C21H27N5O/c1-20(5-6-20)19(27)25-10-7-21(8-11-25)18-23-15-17(16-4-3-9-22-14-16)26(18)13-12-24(21)2/h3-4,9,14-15H,5-8,10-13H2,1-2H3. The number of likely N-dealkylation sites (tertiary alicyclic amines) is 1. The molecule has 0 atom stereocenters. The number of amides is 1. The molecule has 1 amide bonds. The maximum Gasteiger partial charge on any atom is 0.228 e. The molecule has 0 N–H and O–H groups in total. The molecule has 3 aliphatic rings. The predicted octanol–water partition coefficient (Wildman–Crippen LogP) is 2.51. The Bertz CT molecular complexity index is 862. The van der Waals surface area contributed by atoms with Crippen LogP contribution in [0.1, 0.15) is 38.4 Å². The molecule has 1 spiro atoms. The first-order chi connectivity index (χ1) is 13.0. The summed E-state index contributed by atoms with van der Waals surface area (Å²) >= 11 is 0. The number of carbonyl (C=O) groups excluding carboxylic acids is 1. The van der Waals surface area contributed by atoms with Gasteiger partial charge in [0.2, 0.25) is 5.91 Å². The average Bonchev–Trinajstić information content (AvgIpc) is 3.30. The summed E-state index contributed by atoms with van der Waals surface area (Å²) in [5.41, 5.74) is 2.12. The number of hydrogen-bond donors (Lipinski definition) is 0. The van der Waals surface area contributed by atoms with Crippen molar-refractivity contribution in [3.8, 4) is 11.3 Å². The van der Waals surface area contributed by atoms with E-state index in [1.54, 1.807) is 6.20 Å². The first kappa shape index (κ1) is 16.9. The van der Waals surface area contributed by atoms with Crippen molar-refractivity contribution in [3.63, 3.8) is 0 Å². The second kappa shape index (κ2) is 5.89. The minimum Gasteiger partial charge on any atom is -0.342 e. The predicted molar refractivity (Wildman–Crippen MR) is 103 cm³/mol. The smallest absolute Gasteiger partial charge is 0.228 e. The number of pyridine rings is 1. The Morgan fingerprint density at radius 3 is 2.52 bits per heavy atom. The molecule has 2 aromatic rings. The number of nitrogens with zero attached hydrogens (tertiary/aromatic N) is 5. The van der Waals surface area contributed by atoms with Crippen molar-refractivity contribution in [3.05, 3.63) is 36.5 Å². The van der Waals surface area contributed by atoms with E-state index in [2.05, 4.69) is 39.4 Å². The fourth-order valence-corrected chi connectivity index (χ4v) is 4.82. The Labute approximate surface area is 160 Å². The number of aromatic nitrogens is 3. The summed E-state index contributed by atoms with van der Waals surface area (Å²) < 4.78 is 2.37. The van der Waals surface area contributed by atoms with Gasteiger partial charge in [-0.1, -0.05) is 6.92 Å². The van der Waals surface area contributed by atoms with Gasteiger partial charge in [-0.25, -0.2) is 4.98 Å². The summed E-state index contributed by atoms with van der Waals surface area (Å²) in [6.07, 6.45) is 9.71. The number of likely N-dealkylation sites (N-methyl/N-ethyl adjacent to an activating group) is 1. The minimum atomic E-state index is -0.0745. The first-order valence-electron chi connectivity index (χ1n) is 10.0. The molecule has 2 fully saturated rings. The summed E-state index contributed by atoms with van der Waals surface area (Å²) in [7, 11) is 2.21. The minimum absolute atomic E-state index is 0.0695. The van der Waals surface area contributed by atoms with Gasteiger partial charge in [-0.2, -0.15) is 0 Å². The first-order valence-corrected chi connectivity index (χ1v) is 10.0. The Morgan fingerprint density at radius 1 is 1.07 bits per heavy atom. The lowest BCUT2D eigenvalue weighted by molar-refractivity contribution is -0.139. The zero-order chi connectivity index (χ0) is 18.6. The van der Waals surface area contributed by atoms with Crippen LogP contribution in [0.3, 0.4) is 0 Å². The Kier molecular flexibility index (Phi) is 3.69. The quantitative estimate of drug-likeness (QED) is 0.821. The van der Waals surface area contributed by atoms with Gasteiger partial charge >= 0.3 is 0 Å². The fourth-order valence-electron chi connectivity index (χ4n) is 4.82. The van der Waals surface area contributed by atoms with Gasteiger partial charge in [0.25, 0.3) is 0 Å². The van der Waals surface area contributed by atoms with E-state index in [4.69, 9.17) is 4.98 Å². The molecular weight excluding hydrogens is 338 g/mol. The van der Waals surface area contributed by atoms with E-state index in [0.717, 1.165) is 68.9 Å². The third-order valence-electron chi connectivity index (χ3n) is 7.01. The molecular formula is C21H27N5O. The highest BCUT2D eigenvalue weighted by atomic mass is 16.2. The molecule has 4 heterocycles. The molecule has 6 nitrogen and oxygen atoms in total. The van der Waals surface area contributed by atoms with Gasteiger partial charge in [0.05, 0.1) is 17.4 Å². The van der Waals surface area contributed by atoms with Gasteiger partial charge in [-0.3, -0.25) is 14.7 Å². The highest BCUT2D eigenvalue weighted by Gasteiger charge is 2.51. The third kappa shape index (κ3) is 2.53. The van der Waals surface area contributed by atoms with Crippen molar-refractivity contribution in [1.29, 1.82) is 0 Å². The van der Waals surface area contributed by atoms with Gasteiger partial charge in [0.15, 0.2) is 0 Å². The molecule has 5 rings (SSSR count).